The van der Waals surface area contributed by atoms with Crippen LogP contribution < -0.4 is 0 Å². The van der Waals surface area contributed by atoms with Crippen LogP contribution in [0.5, 0.6) is 0 Å². The van der Waals surface area contributed by atoms with E-state index in [9.17, 15) is 4.79 Å². The van der Waals surface area contributed by atoms with Crippen molar-refractivity contribution >= 4 is 40.6 Å². The van der Waals surface area contributed by atoms with Crippen LogP contribution in [0.3, 0.4) is 0 Å². The Bertz CT molecular complexity index is 257. The highest BCUT2D eigenvalue weighted by atomic mass is 35.6. The molecule has 0 aromatic heterocycles. The van der Waals surface area contributed by atoms with Crippen molar-refractivity contribution in [3.63, 3.8) is 0 Å². The predicted octanol–water partition coefficient (Wildman–Crippen LogP) is 3.67. The number of carbonyl (C=O) groups excluding carboxylic acids is 1. The zero-order valence-corrected chi connectivity index (χ0v) is 9.80. The minimum atomic E-state index is -1.57. The van der Waals surface area contributed by atoms with Crippen LogP contribution in [0, 0.1) is 5.41 Å². The van der Waals surface area contributed by atoms with E-state index in [2.05, 4.69) is 0 Å². The van der Waals surface area contributed by atoms with E-state index in [1.165, 1.54) is 0 Å². The molecule has 13 heavy (non-hydrogen) atoms. The summed E-state index contributed by atoms with van der Waals surface area (Å²) in [5, 5.41) is 0. The van der Waals surface area contributed by atoms with E-state index in [1.54, 1.807) is 6.08 Å². The number of rotatable bonds is 0. The summed E-state index contributed by atoms with van der Waals surface area (Å²) in [6.45, 7) is 4.05. The maximum absolute atomic E-state index is 11.4. The Morgan fingerprint density at radius 3 is 2.31 bits per heavy atom. The van der Waals surface area contributed by atoms with Gasteiger partial charge in [0.25, 0.3) is 0 Å². The van der Waals surface area contributed by atoms with Gasteiger partial charge in [0.15, 0.2) is 5.78 Å². The van der Waals surface area contributed by atoms with Gasteiger partial charge >= 0.3 is 0 Å². The molecular formula is C9H11Cl3O. The lowest BCUT2D eigenvalue weighted by molar-refractivity contribution is -0.116. The number of alkyl halides is 3. The molecule has 74 valence electrons. The summed E-state index contributed by atoms with van der Waals surface area (Å²) in [5.41, 5.74) is 0.265. The van der Waals surface area contributed by atoms with Gasteiger partial charge in [-0.2, -0.15) is 0 Å². The molecular weight excluding hydrogens is 230 g/mol. The van der Waals surface area contributed by atoms with Gasteiger partial charge in [-0.3, -0.25) is 4.79 Å². The minimum Gasteiger partial charge on any atom is -0.294 e. The van der Waals surface area contributed by atoms with Crippen molar-refractivity contribution in [3.8, 4) is 0 Å². The molecule has 1 aliphatic rings. The average molecular weight is 242 g/mol. The highest BCUT2D eigenvalue weighted by Gasteiger charge is 2.36. The number of hydrogen-bond acceptors (Lipinski definition) is 1. The molecule has 4 heteroatoms. The van der Waals surface area contributed by atoms with Gasteiger partial charge in [-0.1, -0.05) is 54.7 Å². The van der Waals surface area contributed by atoms with E-state index in [0.717, 1.165) is 6.42 Å². The fraction of sp³-hybridized carbons (Fsp3) is 0.667. The number of halogens is 3. The molecule has 0 atom stereocenters. The van der Waals surface area contributed by atoms with Crippen molar-refractivity contribution in [1.82, 2.24) is 0 Å². The Morgan fingerprint density at radius 2 is 1.92 bits per heavy atom. The van der Waals surface area contributed by atoms with Gasteiger partial charge in [0, 0.05) is 12.0 Å². The van der Waals surface area contributed by atoms with Crippen molar-refractivity contribution in [1.29, 1.82) is 0 Å². The second kappa shape index (κ2) is 3.45. The molecule has 1 nitrogen and oxygen atoms in total. The summed E-state index contributed by atoms with van der Waals surface area (Å²) < 4.78 is -1.57. The van der Waals surface area contributed by atoms with Crippen LogP contribution in [0.2, 0.25) is 0 Å². The van der Waals surface area contributed by atoms with Crippen LogP contribution in [0.4, 0.5) is 0 Å². The summed E-state index contributed by atoms with van der Waals surface area (Å²) in [4.78, 5) is 11.4. The molecule has 0 amide bonds. The lowest BCUT2D eigenvalue weighted by Crippen LogP contribution is -2.26. The molecule has 0 fully saturated rings. The SMILES string of the molecule is CC1(C)C=C(C(Cl)(Cl)Cl)C(=O)CC1. The third-order valence-electron chi connectivity index (χ3n) is 2.14. The van der Waals surface area contributed by atoms with Crippen LogP contribution in [-0.2, 0) is 4.79 Å². The Kier molecular flexibility index (Phi) is 3.01. The van der Waals surface area contributed by atoms with Crippen LogP contribution in [0.25, 0.3) is 0 Å². The normalized spacial score (nSPS) is 22.8. The molecule has 0 heterocycles. The third kappa shape index (κ3) is 2.87. The molecule has 1 aliphatic carbocycles. The first-order chi connectivity index (χ1) is 5.72. The van der Waals surface area contributed by atoms with Gasteiger partial charge in [0.05, 0.1) is 0 Å². The number of carbonyl (C=O) groups is 1. The van der Waals surface area contributed by atoms with E-state index in [1.807, 2.05) is 13.8 Å². The van der Waals surface area contributed by atoms with E-state index in [-0.39, 0.29) is 11.2 Å². The second-order valence-electron chi connectivity index (χ2n) is 3.97. The first kappa shape index (κ1) is 11.4. The number of Topliss-reactive ketones (excluding diaryl/α,β-unsaturated/α-hetero) is 1. The third-order valence-corrected chi connectivity index (χ3v) is 2.75. The van der Waals surface area contributed by atoms with Crippen LogP contribution in [0.1, 0.15) is 26.7 Å². The first-order valence-electron chi connectivity index (χ1n) is 4.06. The molecule has 0 aromatic carbocycles. The Hall–Kier alpha value is 0.280. The molecule has 0 bridgehead atoms. The van der Waals surface area contributed by atoms with Gasteiger partial charge in [0.2, 0.25) is 3.79 Å². The van der Waals surface area contributed by atoms with Crippen LogP contribution in [0.15, 0.2) is 11.6 Å². The standard InChI is InChI=1S/C9H11Cl3O/c1-8(2)4-3-7(13)6(5-8)9(10,11)12/h5H,3-4H2,1-2H3. The maximum atomic E-state index is 11.4. The molecule has 0 N–H and O–H groups in total. The quantitative estimate of drug-likeness (QED) is 0.592. The topological polar surface area (TPSA) is 17.1 Å². The van der Waals surface area contributed by atoms with Crippen molar-refractivity contribution in [3.05, 3.63) is 11.6 Å². The van der Waals surface area contributed by atoms with Crippen molar-refractivity contribution < 1.29 is 4.79 Å². The fourth-order valence-electron chi connectivity index (χ4n) is 1.35. The Labute approximate surface area is 93.0 Å². The monoisotopic (exact) mass is 240 g/mol. The maximum Gasteiger partial charge on any atom is 0.219 e. The van der Waals surface area contributed by atoms with E-state index in [4.69, 9.17) is 34.8 Å². The molecule has 0 aliphatic heterocycles. The van der Waals surface area contributed by atoms with Crippen molar-refractivity contribution in [2.75, 3.05) is 0 Å². The van der Waals surface area contributed by atoms with E-state index >= 15 is 0 Å². The number of allylic oxidation sites excluding steroid dienone is 2. The molecule has 0 saturated carbocycles. The van der Waals surface area contributed by atoms with Crippen molar-refractivity contribution in [2.45, 2.75) is 30.5 Å². The van der Waals surface area contributed by atoms with Crippen LogP contribution in [-0.4, -0.2) is 9.58 Å². The van der Waals surface area contributed by atoms with E-state index < -0.39 is 3.79 Å². The van der Waals surface area contributed by atoms with Gasteiger partial charge in [0.1, 0.15) is 0 Å². The summed E-state index contributed by atoms with van der Waals surface area (Å²) in [7, 11) is 0. The van der Waals surface area contributed by atoms with E-state index in [0.29, 0.717) is 12.0 Å². The predicted molar refractivity (Wildman–Crippen MR) is 56.4 cm³/mol. The zero-order chi connectivity index (χ0) is 10.3. The molecule has 0 spiro atoms. The number of hydrogen-bond donors (Lipinski definition) is 0. The van der Waals surface area contributed by atoms with Gasteiger partial charge in [-0.15, -0.1) is 0 Å². The van der Waals surface area contributed by atoms with Gasteiger partial charge in [-0.25, -0.2) is 0 Å². The summed E-state index contributed by atoms with van der Waals surface area (Å²) in [6.07, 6.45) is 3.05. The van der Waals surface area contributed by atoms with Gasteiger partial charge < -0.3 is 0 Å². The highest BCUT2D eigenvalue weighted by molar-refractivity contribution is 6.71. The minimum absolute atomic E-state index is 0.0484. The van der Waals surface area contributed by atoms with Gasteiger partial charge in [-0.05, 0) is 11.8 Å². The highest BCUT2D eigenvalue weighted by Crippen LogP contribution is 2.42. The summed E-state index contributed by atoms with van der Waals surface area (Å²) >= 11 is 17.0. The molecule has 0 radical (unpaired) electrons. The largest absolute Gasteiger partial charge is 0.294 e. The Morgan fingerprint density at radius 1 is 1.38 bits per heavy atom. The van der Waals surface area contributed by atoms with Crippen molar-refractivity contribution in [2.24, 2.45) is 5.41 Å². The summed E-state index contributed by atoms with van der Waals surface area (Å²) in [6, 6.07) is 0. The first-order valence-corrected chi connectivity index (χ1v) is 5.19. The lowest BCUT2D eigenvalue weighted by atomic mass is 9.79. The molecule has 1 rings (SSSR count). The lowest BCUT2D eigenvalue weighted by Gasteiger charge is -2.29. The summed E-state index contributed by atoms with van der Waals surface area (Å²) in [5.74, 6) is -0.0562. The smallest absolute Gasteiger partial charge is 0.219 e. The Balaban J connectivity index is 3.05. The zero-order valence-electron chi connectivity index (χ0n) is 7.53. The second-order valence-corrected chi connectivity index (χ2v) is 6.25. The molecule has 0 unspecified atom stereocenters. The van der Waals surface area contributed by atoms with Crippen LogP contribution >= 0.6 is 34.8 Å². The number of ketones is 1. The fourth-order valence-corrected chi connectivity index (χ4v) is 1.83. The molecule has 0 saturated heterocycles. The molecule has 0 aromatic rings. The average Bonchev–Trinajstić information content (AvgIpc) is 1.92.